The Labute approximate surface area is 154 Å². The molecule has 2 saturated heterocycles. The summed E-state index contributed by atoms with van der Waals surface area (Å²) in [6, 6.07) is 6.72. The molecule has 26 heavy (non-hydrogen) atoms. The van der Waals surface area contributed by atoms with E-state index in [2.05, 4.69) is 6.07 Å². The van der Waals surface area contributed by atoms with Crippen LogP contribution in [0.15, 0.2) is 18.2 Å². The Morgan fingerprint density at radius 3 is 2.31 bits per heavy atom. The number of hydrogen-bond acceptors (Lipinski definition) is 4. The SMILES string of the molecule is CC1(C)OB(c2ccc(C(=O)N3CCC(C#N)CC3)c(F)c2)OC1(C)C. The zero-order valence-corrected chi connectivity index (χ0v) is 15.7. The first-order valence-electron chi connectivity index (χ1n) is 8.98. The summed E-state index contributed by atoms with van der Waals surface area (Å²) in [7, 11) is -0.662. The van der Waals surface area contributed by atoms with Gasteiger partial charge in [-0.2, -0.15) is 5.26 Å². The van der Waals surface area contributed by atoms with Gasteiger partial charge in [0.25, 0.3) is 5.91 Å². The maximum Gasteiger partial charge on any atom is 0.494 e. The Balaban J connectivity index is 1.75. The normalized spacial score (nSPS) is 22.3. The van der Waals surface area contributed by atoms with Crippen molar-refractivity contribution in [2.75, 3.05) is 13.1 Å². The Morgan fingerprint density at radius 2 is 1.81 bits per heavy atom. The largest absolute Gasteiger partial charge is 0.494 e. The van der Waals surface area contributed by atoms with Crippen molar-refractivity contribution >= 4 is 18.5 Å². The van der Waals surface area contributed by atoms with E-state index in [0.29, 0.717) is 31.4 Å². The molecular formula is C19H24BFN2O3. The van der Waals surface area contributed by atoms with Crippen molar-refractivity contribution in [3.8, 4) is 6.07 Å². The fourth-order valence-corrected chi connectivity index (χ4v) is 3.21. The van der Waals surface area contributed by atoms with Gasteiger partial charge in [0.05, 0.1) is 22.8 Å². The lowest BCUT2D eigenvalue weighted by Gasteiger charge is -2.32. The molecular weight excluding hydrogens is 334 g/mol. The molecule has 5 nitrogen and oxygen atoms in total. The van der Waals surface area contributed by atoms with Gasteiger partial charge in [-0.15, -0.1) is 0 Å². The molecule has 138 valence electrons. The fraction of sp³-hybridized carbons (Fsp3) is 0.579. The predicted octanol–water partition coefficient (Wildman–Crippen LogP) is 2.50. The van der Waals surface area contributed by atoms with Crippen LogP contribution in [-0.4, -0.2) is 42.2 Å². The minimum Gasteiger partial charge on any atom is -0.399 e. The van der Waals surface area contributed by atoms with E-state index >= 15 is 0 Å². The fourth-order valence-electron chi connectivity index (χ4n) is 3.21. The summed E-state index contributed by atoms with van der Waals surface area (Å²) in [6.07, 6.45) is 1.27. The van der Waals surface area contributed by atoms with Crippen LogP contribution in [0.2, 0.25) is 0 Å². The average molecular weight is 358 g/mol. The number of piperidine rings is 1. The smallest absolute Gasteiger partial charge is 0.399 e. The third-order valence-corrected chi connectivity index (χ3v) is 5.71. The Bertz CT molecular complexity index is 736. The molecule has 1 aromatic carbocycles. The summed E-state index contributed by atoms with van der Waals surface area (Å²) >= 11 is 0. The summed E-state index contributed by atoms with van der Waals surface area (Å²) in [5, 5.41) is 8.95. The van der Waals surface area contributed by atoms with E-state index in [1.807, 2.05) is 27.7 Å². The molecule has 0 radical (unpaired) electrons. The van der Waals surface area contributed by atoms with Gasteiger partial charge in [0.15, 0.2) is 0 Å². The first kappa shape index (κ1) is 18.9. The zero-order valence-electron chi connectivity index (χ0n) is 15.7. The number of nitriles is 1. The molecule has 2 aliphatic heterocycles. The molecule has 3 rings (SSSR count). The van der Waals surface area contributed by atoms with Crippen molar-refractivity contribution in [3.63, 3.8) is 0 Å². The molecule has 0 atom stereocenters. The lowest BCUT2D eigenvalue weighted by atomic mass is 9.78. The molecule has 0 bridgehead atoms. The van der Waals surface area contributed by atoms with Gasteiger partial charge in [-0.05, 0) is 58.1 Å². The van der Waals surface area contributed by atoms with Gasteiger partial charge < -0.3 is 14.2 Å². The zero-order chi connectivity index (χ0) is 19.1. The highest BCUT2D eigenvalue weighted by Crippen LogP contribution is 2.36. The molecule has 2 aliphatic rings. The molecule has 0 saturated carbocycles. The van der Waals surface area contributed by atoms with E-state index in [0.717, 1.165) is 0 Å². The molecule has 2 heterocycles. The molecule has 0 aliphatic carbocycles. The van der Waals surface area contributed by atoms with Crippen molar-refractivity contribution in [2.24, 2.45) is 5.92 Å². The Kier molecular flexibility index (Phi) is 4.85. The summed E-state index contributed by atoms with van der Waals surface area (Å²) in [5.74, 6) is -0.932. The Morgan fingerprint density at radius 1 is 1.23 bits per heavy atom. The van der Waals surface area contributed by atoms with Gasteiger partial charge in [-0.3, -0.25) is 4.79 Å². The summed E-state index contributed by atoms with van der Waals surface area (Å²) < 4.78 is 26.5. The number of benzene rings is 1. The number of nitrogens with zero attached hydrogens (tertiary/aromatic N) is 2. The molecule has 0 unspecified atom stereocenters. The number of hydrogen-bond donors (Lipinski definition) is 0. The van der Waals surface area contributed by atoms with Crippen LogP contribution >= 0.6 is 0 Å². The maximum absolute atomic E-state index is 14.6. The van der Waals surface area contributed by atoms with Crippen molar-refractivity contribution in [2.45, 2.75) is 51.7 Å². The number of halogens is 1. The molecule has 7 heteroatoms. The van der Waals surface area contributed by atoms with E-state index in [1.165, 1.54) is 12.1 Å². The quantitative estimate of drug-likeness (QED) is 0.762. The topological polar surface area (TPSA) is 62.6 Å². The van der Waals surface area contributed by atoms with Gasteiger partial charge in [0.2, 0.25) is 0 Å². The van der Waals surface area contributed by atoms with Crippen LogP contribution in [0.5, 0.6) is 0 Å². The third kappa shape index (κ3) is 3.36. The highest BCUT2D eigenvalue weighted by Gasteiger charge is 2.51. The van der Waals surface area contributed by atoms with Crippen LogP contribution in [0.1, 0.15) is 50.9 Å². The van der Waals surface area contributed by atoms with Crippen LogP contribution in [0.4, 0.5) is 4.39 Å². The molecule has 1 aromatic rings. The standard InChI is InChI=1S/C19H24BFN2O3/c1-18(2)19(3,4)26-20(25-18)14-5-6-15(16(21)11-14)17(24)23-9-7-13(12-22)8-10-23/h5-6,11,13H,7-10H2,1-4H3. The van der Waals surface area contributed by atoms with Gasteiger partial charge in [0, 0.05) is 19.0 Å². The first-order valence-corrected chi connectivity index (χ1v) is 8.98. The first-order chi connectivity index (χ1) is 12.1. The number of likely N-dealkylation sites (tertiary alicyclic amines) is 1. The predicted molar refractivity (Wildman–Crippen MR) is 96.4 cm³/mol. The van der Waals surface area contributed by atoms with Crippen LogP contribution in [0.3, 0.4) is 0 Å². The second-order valence-corrected chi connectivity index (χ2v) is 8.02. The lowest BCUT2D eigenvalue weighted by Crippen LogP contribution is -2.41. The van der Waals surface area contributed by atoms with E-state index < -0.39 is 24.1 Å². The van der Waals surface area contributed by atoms with Gasteiger partial charge in [-0.1, -0.05) is 6.07 Å². The van der Waals surface area contributed by atoms with E-state index in [9.17, 15) is 9.18 Å². The van der Waals surface area contributed by atoms with Gasteiger partial charge >= 0.3 is 7.12 Å². The van der Waals surface area contributed by atoms with Crippen LogP contribution in [0, 0.1) is 23.1 Å². The van der Waals surface area contributed by atoms with E-state index in [4.69, 9.17) is 14.6 Å². The number of carbonyl (C=O) groups excluding carboxylic acids is 1. The lowest BCUT2D eigenvalue weighted by molar-refractivity contribution is 0.00578. The monoisotopic (exact) mass is 358 g/mol. The number of rotatable bonds is 2. The van der Waals surface area contributed by atoms with Crippen LogP contribution < -0.4 is 5.46 Å². The molecule has 0 spiro atoms. The molecule has 0 N–H and O–H groups in total. The minimum atomic E-state index is -0.662. The van der Waals surface area contributed by atoms with Gasteiger partial charge in [-0.25, -0.2) is 4.39 Å². The van der Waals surface area contributed by atoms with Crippen LogP contribution in [0.25, 0.3) is 0 Å². The third-order valence-electron chi connectivity index (χ3n) is 5.71. The summed E-state index contributed by atoms with van der Waals surface area (Å²) in [5.41, 5.74) is -0.414. The molecule has 2 fully saturated rings. The Hall–Kier alpha value is -1.91. The van der Waals surface area contributed by atoms with E-state index in [-0.39, 0.29) is 17.4 Å². The van der Waals surface area contributed by atoms with Crippen molar-refractivity contribution in [1.29, 1.82) is 5.26 Å². The molecule has 0 aromatic heterocycles. The van der Waals surface area contributed by atoms with Crippen molar-refractivity contribution in [1.82, 2.24) is 4.90 Å². The highest BCUT2D eigenvalue weighted by atomic mass is 19.1. The highest BCUT2D eigenvalue weighted by molar-refractivity contribution is 6.62. The molecule has 1 amide bonds. The average Bonchev–Trinajstić information content (AvgIpc) is 2.82. The summed E-state index contributed by atoms with van der Waals surface area (Å²) in [6.45, 7) is 8.71. The van der Waals surface area contributed by atoms with Crippen molar-refractivity contribution in [3.05, 3.63) is 29.6 Å². The second-order valence-electron chi connectivity index (χ2n) is 8.02. The number of amides is 1. The second kappa shape index (κ2) is 6.68. The minimum absolute atomic E-state index is 0.0188. The number of carbonyl (C=O) groups is 1. The van der Waals surface area contributed by atoms with Gasteiger partial charge in [0.1, 0.15) is 5.82 Å². The van der Waals surface area contributed by atoms with Crippen LogP contribution in [-0.2, 0) is 9.31 Å². The van der Waals surface area contributed by atoms with Crippen molar-refractivity contribution < 1.29 is 18.5 Å². The maximum atomic E-state index is 14.6. The summed E-state index contributed by atoms with van der Waals surface area (Å²) in [4.78, 5) is 14.2. The van der Waals surface area contributed by atoms with E-state index in [1.54, 1.807) is 11.0 Å².